The molecule has 1 N–H and O–H groups in total. The maximum atomic E-state index is 9.43. The number of aromatic hydroxyl groups is 1. The van der Waals surface area contributed by atoms with Crippen LogP contribution in [0.15, 0.2) is 48.5 Å². The maximum Gasteiger partial charge on any atom is 0.119 e. The average molecular weight is 298 g/mol. The van der Waals surface area contributed by atoms with Gasteiger partial charge >= 0.3 is 0 Å². The van der Waals surface area contributed by atoms with Crippen LogP contribution in [0.4, 0.5) is 0 Å². The Balaban J connectivity index is 2.05. The summed E-state index contributed by atoms with van der Waals surface area (Å²) in [5.41, 5.74) is 2.65. The standard InChI is InChI=1S/C20H26O2/c1-4-16(18-6-10-19(21)11-7-18)14-15(3)17-8-12-20(13-9-17)22-5-2/h6-13,15-16,21H,4-5,14H2,1-3H3. The van der Waals surface area contributed by atoms with E-state index in [1.54, 1.807) is 12.1 Å². The molecule has 2 atom stereocenters. The molecule has 0 saturated carbocycles. The highest BCUT2D eigenvalue weighted by Crippen LogP contribution is 2.33. The first-order chi connectivity index (χ1) is 10.6. The summed E-state index contributed by atoms with van der Waals surface area (Å²) in [6, 6.07) is 16.1. The molecular formula is C20H26O2. The molecule has 22 heavy (non-hydrogen) atoms. The molecule has 2 heteroatoms. The molecule has 2 nitrogen and oxygen atoms in total. The van der Waals surface area contributed by atoms with Gasteiger partial charge in [-0.15, -0.1) is 0 Å². The second kappa shape index (κ2) is 7.88. The van der Waals surface area contributed by atoms with Gasteiger partial charge in [0.25, 0.3) is 0 Å². The van der Waals surface area contributed by atoms with Crippen LogP contribution in [0.1, 0.15) is 56.6 Å². The first kappa shape index (κ1) is 16.4. The van der Waals surface area contributed by atoms with Gasteiger partial charge in [0.15, 0.2) is 0 Å². The Morgan fingerprint density at radius 3 is 2.05 bits per heavy atom. The molecule has 0 radical (unpaired) electrons. The topological polar surface area (TPSA) is 29.5 Å². The highest BCUT2D eigenvalue weighted by Gasteiger charge is 2.15. The van der Waals surface area contributed by atoms with Gasteiger partial charge in [0.2, 0.25) is 0 Å². The molecule has 0 heterocycles. The highest BCUT2D eigenvalue weighted by atomic mass is 16.5. The summed E-state index contributed by atoms with van der Waals surface area (Å²) in [7, 11) is 0. The zero-order valence-corrected chi connectivity index (χ0v) is 13.8. The molecule has 0 aliphatic heterocycles. The van der Waals surface area contributed by atoms with E-state index < -0.39 is 0 Å². The van der Waals surface area contributed by atoms with E-state index in [4.69, 9.17) is 4.74 Å². The fraction of sp³-hybridized carbons (Fsp3) is 0.400. The number of hydrogen-bond acceptors (Lipinski definition) is 2. The van der Waals surface area contributed by atoms with Gasteiger partial charge in [-0.2, -0.15) is 0 Å². The Kier molecular flexibility index (Phi) is 5.88. The number of benzene rings is 2. The number of phenols is 1. The summed E-state index contributed by atoms with van der Waals surface area (Å²) < 4.78 is 5.50. The van der Waals surface area contributed by atoms with Crippen LogP contribution in [0.25, 0.3) is 0 Å². The van der Waals surface area contributed by atoms with E-state index in [1.165, 1.54) is 11.1 Å². The number of ether oxygens (including phenoxy) is 1. The van der Waals surface area contributed by atoms with Gasteiger partial charge in [0, 0.05) is 0 Å². The minimum Gasteiger partial charge on any atom is -0.508 e. The largest absolute Gasteiger partial charge is 0.508 e. The Morgan fingerprint density at radius 1 is 0.909 bits per heavy atom. The predicted octanol–water partition coefficient (Wildman–Crippen LogP) is 5.48. The summed E-state index contributed by atoms with van der Waals surface area (Å²) in [6.45, 7) is 7.20. The van der Waals surface area contributed by atoms with E-state index in [0.717, 1.165) is 18.6 Å². The van der Waals surface area contributed by atoms with Crippen molar-refractivity contribution in [3.63, 3.8) is 0 Å². The first-order valence-electron chi connectivity index (χ1n) is 8.15. The van der Waals surface area contributed by atoms with E-state index in [-0.39, 0.29) is 0 Å². The monoisotopic (exact) mass is 298 g/mol. The summed E-state index contributed by atoms with van der Waals surface area (Å²) in [4.78, 5) is 0. The molecule has 2 unspecified atom stereocenters. The van der Waals surface area contributed by atoms with Crippen molar-refractivity contribution >= 4 is 0 Å². The van der Waals surface area contributed by atoms with Crippen LogP contribution >= 0.6 is 0 Å². The number of phenolic OH excluding ortho intramolecular Hbond substituents is 1. The summed E-state index contributed by atoms with van der Waals surface area (Å²) in [5, 5.41) is 9.43. The zero-order valence-electron chi connectivity index (χ0n) is 13.8. The van der Waals surface area contributed by atoms with Gasteiger partial charge in [-0.3, -0.25) is 0 Å². The smallest absolute Gasteiger partial charge is 0.119 e. The van der Waals surface area contributed by atoms with Crippen LogP contribution in [0, 0.1) is 0 Å². The lowest BCUT2D eigenvalue weighted by Gasteiger charge is -2.21. The predicted molar refractivity (Wildman–Crippen MR) is 91.8 cm³/mol. The van der Waals surface area contributed by atoms with E-state index >= 15 is 0 Å². The molecule has 0 bridgehead atoms. The third kappa shape index (κ3) is 4.27. The van der Waals surface area contributed by atoms with Crippen LogP contribution < -0.4 is 4.74 Å². The van der Waals surface area contributed by atoms with Crippen molar-refractivity contribution in [1.82, 2.24) is 0 Å². The van der Waals surface area contributed by atoms with Crippen LogP contribution in [0.5, 0.6) is 11.5 Å². The normalized spacial score (nSPS) is 13.6. The Hall–Kier alpha value is -1.96. The summed E-state index contributed by atoms with van der Waals surface area (Å²) >= 11 is 0. The van der Waals surface area contributed by atoms with E-state index in [1.807, 2.05) is 19.1 Å². The lowest BCUT2D eigenvalue weighted by molar-refractivity contribution is 0.340. The zero-order chi connectivity index (χ0) is 15.9. The average Bonchev–Trinajstić information content (AvgIpc) is 2.54. The number of rotatable bonds is 7. The molecule has 0 saturated heterocycles. The number of hydrogen-bond donors (Lipinski definition) is 1. The fourth-order valence-electron chi connectivity index (χ4n) is 2.91. The Morgan fingerprint density at radius 2 is 1.50 bits per heavy atom. The van der Waals surface area contributed by atoms with Crippen LogP contribution in [0.2, 0.25) is 0 Å². The molecule has 0 aliphatic carbocycles. The van der Waals surface area contributed by atoms with Crippen LogP contribution in [-0.4, -0.2) is 11.7 Å². The lowest BCUT2D eigenvalue weighted by atomic mass is 9.84. The molecule has 118 valence electrons. The van der Waals surface area contributed by atoms with E-state index in [9.17, 15) is 5.11 Å². The molecule has 0 fully saturated rings. The van der Waals surface area contributed by atoms with Gasteiger partial charge < -0.3 is 9.84 Å². The lowest BCUT2D eigenvalue weighted by Crippen LogP contribution is -2.04. The van der Waals surface area contributed by atoms with Crippen molar-refractivity contribution in [3.8, 4) is 11.5 Å². The van der Waals surface area contributed by atoms with Crippen molar-refractivity contribution in [2.75, 3.05) is 6.61 Å². The maximum absolute atomic E-state index is 9.43. The minimum atomic E-state index is 0.332. The van der Waals surface area contributed by atoms with E-state index in [2.05, 4.69) is 38.1 Å². The third-order valence-corrected chi connectivity index (χ3v) is 4.26. The fourth-order valence-corrected chi connectivity index (χ4v) is 2.91. The van der Waals surface area contributed by atoms with Crippen molar-refractivity contribution in [3.05, 3.63) is 59.7 Å². The molecule has 2 aromatic carbocycles. The highest BCUT2D eigenvalue weighted by molar-refractivity contribution is 5.31. The molecular weight excluding hydrogens is 272 g/mol. The third-order valence-electron chi connectivity index (χ3n) is 4.26. The second-order valence-corrected chi connectivity index (χ2v) is 5.84. The molecule has 0 amide bonds. The van der Waals surface area contributed by atoms with Gasteiger partial charge in [-0.05, 0) is 67.0 Å². The molecule has 2 rings (SSSR count). The summed E-state index contributed by atoms with van der Waals surface area (Å²) in [6.07, 6.45) is 2.21. The van der Waals surface area contributed by atoms with Crippen molar-refractivity contribution in [2.24, 2.45) is 0 Å². The summed E-state index contributed by atoms with van der Waals surface area (Å²) in [5.74, 6) is 2.28. The first-order valence-corrected chi connectivity index (χ1v) is 8.15. The second-order valence-electron chi connectivity index (χ2n) is 5.84. The van der Waals surface area contributed by atoms with Crippen LogP contribution in [-0.2, 0) is 0 Å². The van der Waals surface area contributed by atoms with Gasteiger partial charge in [0.1, 0.15) is 11.5 Å². The molecule has 0 spiro atoms. The van der Waals surface area contributed by atoms with Gasteiger partial charge in [-0.25, -0.2) is 0 Å². The van der Waals surface area contributed by atoms with E-state index in [0.29, 0.717) is 24.2 Å². The van der Waals surface area contributed by atoms with Crippen molar-refractivity contribution in [2.45, 2.75) is 45.4 Å². The molecule has 0 aliphatic rings. The van der Waals surface area contributed by atoms with Crippen molar-refractivity contribution < 1.29 is 9.84 Å². The molecule has 0 aromatic heterocycles. The SMILES string of the molecule is CCOc1ccc(C(C)CC(CC)c2ccc(O)cc2)cc1. The molecule has 2 aromatic rings. The Bertz CT molecular complexity index is 557. The van der Waals surface area contributed by atoms with Gasteiger partial charge in [0.05, 0.1) is 6.61 Å². The quantitative estimate of drug-likeness (QED) is 0.733. The van der Waals surface area contributed by atoms with Crippen molar-refractivity contribution in [1.29, 1.82) is 0 Å². The van der Waals surface area contributed by atoms with Gasteiger partial charge in [-0.1, -0.05) is 38.1 Å². The van der Waals surface area contributed by atoms with Crippen LogP contribution in [0.3, 0.4) is 0 Å². The Labute approximate surface area is 133 Å². The minimum absolute atomic E-state index is 0.332.